The van der Waals surface area contributed by atoms with Crippen LogP contribution in [0.4, 0.5) is 0 Å². The van der Waals surface area contributed by atoms with Crippen LogP contribution in [0.2, 0.25) is 0 Å². The highest BCUT2D eigenvalue weighted by Crippen LogP contribution is 2.40. The van der Waals surface area contributed by atoms with E-state index in [2.05, 4.69) is 56.5 Å². The van der Waals surface area contributed by atoms with Gasteiger partial charge in [0.15, 0.2) is 11.5 Å². The SMILES string of the molecule is COc1cccc(C(CNCc2cc(Br)c3c(c2)OCO3)N2CCCC2)c1. The van der Waals surface area contributed by atoms with Gasteiger partial charge in [0.2, 0.25) is 6.79 Å². The molecule has 6 heteroatoms. The molecule has 1 unspecified atom stereocenters. The number of ether oxygens (including phenoxy) is 3. The van der Waals surface area contributed by atoms with E-state index in [0.717, 1.165) is 47.9 Å². The molecule has 1 saturated heterocycles. The van der Waals surface area contributed by atoms with Gasteiger partial charge in [-0.1, -0.05) is 12.1 Å². The monoisotopic (exact) mass is 432 g/mol. The number of likely N-dealkylation sites (tertiary alicyclic amines) is 1. The van der Waals surface area contributed by atoms with E-state index in [1.807, 2.05) is 6.07 Å². The maximum atomic E-state index is 5.52. The van der Waals surface area contributed by atoms with Gasteiger partial charge >= 0.3 is 0 Å². The first-order valence-corrected chi connectivity index (χ1v) is 10.2. The Morgan fingerprint density at radius 2 is 2.04 bits per heavy atom. The Morgan fingerprint density at radius 3 is 2.85 bits per heavy atom. The molecule has 27 heavy (non-hydrogen) atoms. The summed E-state index contributed by atoms with van der Waals surface area (Å²) < 4.78 is 17.4. The first kappa shape index (κ1) is 18.6. The molecule has 1 fully saturated rings. The number of hydrogen-bond acceptors (Lipinski definition) is 5. The fourth-order valence-electron chi connectivity index (χ4n) is 3.84. The van der Waals surface area contributed by atoms with E-state index in [1.54, 1.807) is 7.11 Å². The molecule has 1 N–H and O–H groups in total. The molecular formula is C21H25BrN2O3. The summed E-state index contributed by atoms with van der Waals surface area (Å²) in [7, 11) is 1.72. The first-order valence-electron chi connectivity index (χ1n) is 9.41. The van der Waals surface area contributed by atoms with Crippen LogP contribution in [0, 0.1) is 0 Å². The summed E-state index contributed by atoms with van der Waals surface area (Å²) in [5, 5.41) is 3.63. The minimum Gasteiger partial charge on any atom is -0.497 e. The standard InChI is InChI=1S/C21H25BrN2O3/c1-25-17-6-4-5-16(11-17)19(24-7-2-3-8-24)13-23-12-15-9-18(22)21-20(10-15)26-14-27-21/h4-6,9-11,19,23H,2-3,7-8,12-14H2,1H3. The van der Waals surface area contributed by atoms with Crippen LogP contribution < -0.4 is 19.5 Å². The van der Waals surface area contributed by atoms with Crippen molar-refractivity contribution in [3.63, 3.8) is 0 Å². The molecule has 1 atom stereocenters. The number of rotatable bonds is 7. The minimum absolute atomic E-state index is 0.289. The second-order valence-electron chi connectivity index (χ2n) is 6.98. The Kier molecular flexibility index (Phi) is 5.86. The average Bonchev–Trinajstić information content (AvgIpc) is 3.37. The molecule has 2 heterocycles. The lowest BCUT2D eigenvalue weighted by Crippen LogP contribution is -2.34. The second kappa shape index (κ2) is 8.50. The third-order valence-corrected chi connectivity index (χ3v) is 5.80. The molecule has 0 saturated carbocycles. The van der Waals surface area contributed by atoms with Gasteiger partial charge in [-0.15, -0.1) is 0 Å². The third kappa shape index (κ3) is 4.23. The highest BCUT2D eigenvalue weighted by Gasteiger charge is 2.24. The lowest BCUT2D eigenvalue weighted by Gasteiger charge is -2.28. The van der Waals surface area contributed by atoms with Crippen LogP contribution in [-0.4, -0.2) is 38.4 Å². The lowest BCUT2D eigenvalue weighted by atomic mass is 10.0. The Labute approximate surface area is 168 Å². The highest BCUT2D eigenvalue weighted by atomic mass is 79.9. The fraction of sp³-hybridized carbons (Fsp3) is 0.429. The maximum absolute atomic E-state index is 5.52. The van der Waals surface area contributed by atoms with E-state index in [1.165, 1.54) is 24.0 Å². The van der Waals surface area contributed by atoms with Crippen LogP contribution >= 0.6 is 15.9 Å². The number of benzene rings is 2. The Bertz CT molecular complexity index is 793. The number of hydrogen-bond donors (Lipinski definition) is 1. The van der Waals surface area contributed by atoms with Gasteiger partial charge < -0.3 is 19.5 Å². The molecule has 2 aliphatic heterocycles. The van der Waals surface area contributed by atoms with E-state index in [9.17, 15) is 0 Å². The van der Waals surface area contributed by atoms with Gasteiger partial charge in [-0.3, -0.25) is 4.90 Å². The number of halogens is 1. The molecule has 2 aromatic carbocycles. The zero-order chi connectivity index (χ0) is 18.6. The normalized spacial score (nSPS) is 17.3. The van der Waals surface area contributed by atoms with Gasteiger partial charge in [-0.05, 0) is 77.3 Å². The van der Waals surface area contributed by atoms with Gasteiger partial charge in [-0.2, -0.15) is 0 Å². The van der Waals surface area contributed by atoms with Gasteiger partial charge in [0.1, 0.15) is 5.75 Å². The summed E-state index contributed by atoms with van der Waals surface area (Å²) in [6.07, 6.45) is 2.55. The predicted octanol–water partition coefficient (Wildman–Crippen LogP) is 4.11. The van der Waals surface area contributed by atoms with Crippen molar-refractivity contribution < 1.29 is 14.2 Å². The van der Waals surface area contributed by atoms with E-state index in [0.29, 0.717) is 6.04 Å². The molecule has 2 aromatic rings. The van der Waals surface area contributed by atoms with E-state index >= 15 is 0 Å². The zero-order valence-electron chi connectivity index (χ0n) is 15.5. The summed E-state index contributed by atoms with van der Waals surface area (Å²) in [5.41, 5.74) is 2.48. The quantitative estimate of drug-likeness (QED) is 0.712. The topological polar surface area (TPSA) is 43.0 Å². The van der Waals surface area contributed by atoms with E-state index in [4.69, 9.17) is 14.2 Å². The number of nitrogens with one attached hydrogen (secondary N) is 1. The Hall–Kier alpha value is -1.76. The van der Waals surface area contributed by atoms with E-state index in [-0.39, 0.29) is 6.79 Å². The molecule has 2 aliphatic rings. The van der Waals surface area contributed by atoms with Crippen LogP contribution in [0.5, 0.6) is 17.2 Å². The second-order valence-corrected chi connectivity index (χ2v) is 7.83. The maximum Gasteiger partial charge on any atom is 0.231 e. The van der Waals surface area contributed by atoms with Crippen molar-refractivity contribution in [2.75, 3.05) is 33.5 Å². The molecular weight excluding hydrogens is 408 g/mol. The Balaban J connectivity index is 1.45. The third-order valence-electron chi connectivity index (χ3n) is 5.21. The van der Waals surface area contributed by atoms with Crippen LogP contribution in [0.15, 0.2) is 40.9 Å². The molecule has 0 spiro atoms. The Morgan fingerprint density at radius 1 is 1.19 bits per heavy atom. The van der Waals surface area contributed by atoms with Crippen LogP contribution in [0.25, 0.3) is 0 Å². The average molecular weight is 433 g/mol. The minimum atomic E-state index is 0.289. The van der Waals surface area contributed by atoms with Gasteiger partial charge in [0.25, 0.3) is 0 Å². The van der Waals surface area contributed by atoms with Crippen molar-refractivity contribution in [2.24, 2.45) is 0 Å². The van der Waals surface area contributed by atoms with Crippen molar-refractivity contribution in [3.8, 4) is 17.2 Å². The van der Waals surface area contributed by atoms with Crippen molar-refractivity contribution in [1.29, 1.82) is 0 Å². The molecule has 144 valence electrons. The summed E-state index contributed by atoms with van der Waals surface area (Å²) in [5.74, 6) is 2.52. The molecule has 0 bridgehead atoms. The molecule has 0 amide bonds. The van der Waals surface area contributed by atoms with Crippen molar-refractivity contribution in [1.82, 2.24) is 10.2 Å². The zero-order valence-corrected chi connectivity index (χ0v) is 17.1. The summed E-state index contributed by atoms with van der Waals surface area (Å²) >= 11 is 3.57. The van der Waals surface area contributed by atoms with Crippen LogP contribution in [-0.2, 0) is 6.54 Å². The van der Waals surface area contributed by atoms with Crippen molar-refractivity contribution in [2.45, 2.75) is 25.4 Å². The number of methoxy groups -OCH3 is 1. The fourth-order valence-corrected chi connectivity index (χ4v) is 4.44. The van der Waals surface area contributed by atoms with Crippen LogP contribution in [0.1, 0.15) is 30.0 Å². The van der Waals surface area contributed by atoms with Crippen molar-refractivity contribution in [3.05, 3.63) is 52.0 Å². The largest absolute Gasteiger partial charge is 0.497 e. The predicted molar refractivity (Wildman–Crippen MR) is 109 cm³/mol. The molecule has 5 nitrogen and oxygen atoms in total. The van der Waals surface area contributed by atoms with Crippen LogP contribution in [0.3, 0.4) is 0 Å². The summed E-state index contributed by atoms with van der Waals surface area (Å²) in [6.45, 7) is 4.26. The summed E-state index contributed by atoms with van der Waals surface area (Å²) in [6, 6.07) is 12.9. The summed E-state index contributed by atoms with van der Waals surface area (Å²) in [4.78, 5) is 2.57. The lowest BCUT2D eigenvalue weighted by molar-refractivity contribution is 0.173. The number of fused-ring (bicyclic) bond motifs is 1. The molecule has 0 aromatic heterocycles. The van der Waals surface area contributed by atoms with Gasteiger partial charge in [0.05, 0.1) is 11.6 Å². The van der Waals surface area contributed by atoms with E-state index < -0.39 is 0 Å². The number of nitrogens with zero attached hydrogens (tertiary/aromatic N) is 1. The smallest absolute Gasteiger partial charge is 0.231 e. The highest BCUT2D eigenvalue weighted by molar-refractivity contribution is 9.10. The molecule has 4 rings (SSSR count). The molecule has 0 aliphatic carbocycles. The van der Waals surface area contributed by atoms with Gasteiger partial charge in [-0.25, -0.2) is 0 Å². The van der Waals surface area contributed by atoms with Gasteiger partial charge in [0, 0.05) is 19.1 Å². The first-order chi connectivity index (χ1) is 13.2. The molecule has 0 radical (unpaired) electrons. The van der Waals surface area contributed by atoms with Crippen molar-refractivity contribution >= 4 is 15.9 Å².